The lowest BCUT2D eigenvalue weighted by atomic mass is 10.1. The Morgan fingerprint density at radius 2 is 1.67 bits per heavy atom. The smallest absolute Gasteiger partial charge is 0.134 e. The van der Waals surface area contributed by atoms with Crippen molar-refractivity contribution in [2.45, 2.75) is 26.7 Å². The van der Waals surface area contributed by atoms with Crippen LogP contribution in [0, 0.1) is 0 Å². The molecule has 4 nitrogen and oxygen atoms in total. The third-order valence-corrected chi connectivity index (χ3v) is 3.51. The SMILES string of the molecule is CCNc1ncnc(NCCc2ccc(Cl)cc2)c1CC. The molecule has 0 saturated carbocycles. The van der Waals surface area contributed by atoms with Gasteiger partial charge in [0.1, 0.15) is 18.0 Å². The average molecular weight is 305 g/mol. The standard InChI is InChI=1S/C16H21ClN4/c1-3-14-15(18-4-2)20-11-21-16(14)19-10-9-12-5-7-13(17)8-6-12/h5-8,11H,3-4,9-10H2,1-2H3,(H2,18,19,20,21). The first-order valence-corrected chi connectivity index (χ1v) is 7.68. The predicted octanol–water partition coefficient (Wildman–Crippen LogP) is 3.78. The summed E-state index contributed by atoms with van der Waals surface area (Å²) in [5.41, 5.74) is 2.39. The Hall–Kier alpha value is -1.81. The van der Waals surface area contributed by atoms with Crippen LogP contribution in [0.2, 0.25) is 5.02 Å². The van der Waals surface area contributed by atoms with Gasteiger partial charge in [-0.2, -0.15) is 0 Å². The van der Waals surface area contributed by atoms with E-state index in [1.54, 1.807) is 6.33 Å². The second-order valence-corrected chi connectivity index (χ2v) is 5.17. The topological polar surface area (TPSA) is 49.8 Å². The van der Waals surface area contributed by atoms with Crippen LogP contribution >= 0.6 is 11.6 Å². The fourth-order valence-electron chi connectivity index (χ4n) is 2.20. The Kier molecular flexibility index (Phi) is 5.81. The highest BCUT2D eigenvalue weighted by Gasteiger charge is 2.08. The number of nitrogens with one attached hydrogen (secondary N) is 2. The molecule has 0 aliphatic carbocycles. The van der Waals surface area contributed by atoms with E-state index in [0.29, 0.717) is 0 Å². The summed E-state index contributed by atoms with van der Waals surface area (Å²) in [5, 5.41) is 7.45. The molecule has 0 fully saturated rings. The molecular formula is C16H21ClN4. The zero-order valence-electron chi connectivity index (χ0n) is 12.5. The molecule has 0 aliphatic rings. The molecule has 0 atom stereocenters. The van der Waals surface area contributed by atoms with E-state index >= 15 is 0 Å². The average Bonchev–Trinajstić information content (AvgIpc) is 2.50. The van der Waals surface area contributed by atoms with Crippen LogP contribution in [0.3, 0.4) is 0 Å². The Bertz CT molecular complexity index is 569. The van der Waals surface area contributed by atoms with Crippen molar-refractivity contribution < 1.29 is 0 Å². The van der Waals surface area contributed by atoms with Crippen LogP contribution in [0.25, 0.3) is 0 Å². The largest absolute Gasteiger partial charge is 0.370 e. The van der Waals surface area contributed by atoms with Gasteiger partial charge < -0.3 is 10.6 Å². The molecule has 0 radical (unpaired) electrons. The first-order chi connectivity index (χ1) is 10.2. The number of benzene rings is 1. The van der Waals surface area contributed by atoms with E-state index in [1.807, 2.05) is 12.1 Å². The van der Waals surface area contributed by atoms with Crippen molar-refractivity contribution >= 4 is 23.2 Å². The van der Waals surface area contributed by atoms with Gasteiger partial charge in [0, 0.05) is 23.7 Å². The lowest BCUT2D eigenvalue weighted by Gasteiger charge is -2.13. The molecule has 2 rings (SSSR count). The highest BCUT2D eigenvalue weighted by molar-refractivity contribution is 6.30. The molecule has 1 heterocycles. The van der Waals surface area contributed by atoms with Crippen LogP contribution in [0.1, 0.15) is 25.0 Å². The number of halogens is 1. The van der Waals surface area contributed by atoms with Crippen molar-refractivity contribution in [3.8, 4) is 0 Å². The van der Waals surface area contributed by atoms with Gasteiger partial charge >= 0.3 is 0 Å². The second-order valence-electron chi connectivity index (χ2n) is 4.74. The maximum atomic E-state index is 5.89. The minimum atomic E-state index is 0.770. The van der Waals surface area contributed by atoms with E-state index in [0.717, 1.165) is 48.2 Å². The van der Waals surface area contributed by atoms with Crippen LogP contribution in [-0.4, -0.2) is 23.1 Å². The van der Waals surface area contributed by atoms with Gasteiger partial charge in [0.2, 0.25) is 0 Å². The zero-order chi connectivity index (χ0) is 15.1. The molecule has 21 heavy (non-hydrogen) atoms. The van der Waals surface area contributed by atoms with Crippen LogP contribution in [0.5, 0.6) is 0 Å². The molecule has 0 bridgehead atoms. The third kappa shape index (κ3) is 4.33. The van der Waals surface area contributed by atoms with Gasteiger partial charge in [-0.25, -0.2) is 9.97 Å². The van der Waals surface area contributed by atoms with Gasteiger partial charge in [-0.05, 0) is 37.5 Å². The van der Waals surface area contributed by atoms with E-state index in [4.69, 9.17) is 11.6 Å². The molecule has 1 aromatic heterocycles. The summed E-state index contributed by atoms with van der Waals surface area (Å²) in [7, 11) is 0. The Morgan fingerprint density at radius 1 is 1.00 bits per heavy atom. The molecule has 1 aromatic carbocycles. The van der Waals surface area contributed by atoms with E-state index in [9.17, 15) is 0 Å². The fourth-order valence-corrected chi connectivity index (χ4v) is 2.32. The van der Waals surface area contributed by atoms with Gasteiger partial charge in [0.05, 0.1) is 0 Å². The number of rotatable bonds is 7. The van der Waals surface area contributed by atoms with Crippen molar-refractivity contribution in [2.75, 3.05) is 23.7 Å². The van der Waals surface area contributed by atoms with Crippen molar-refractivity contribution in [3.63, 3.8) is 0 Å². The number of aromatic nitrogens is 2. The van der Waals surface area contributed by atoms with E-state index in [1.165, 1.54) is 5.56 Å². The second kappa shape index (κ2) is 7.84. The van der Waals surface area contributed by atoms with Crippen molar-refractivity contribution in [2.24, 2.45) is 0 Å². The van der Waals surface area contributed by atoms with Crippen LogP contribution in [0.4, 0.5) is 11.6 Å². The Labute approximate surface area is 131 Å². The molecule has 2 N–H and O–H groups in total. The summed E-state index contributed by atoms with van der Waals surface area (Å²) in [6, 6.07) is 7.94. The molecule has 0 saturated heterocycles. The lowest BCUT2D eigenvalue weighted by molar-refractivity contribution is 0.969. The highest BCUT2D eigenvalue weighted by atomic mass is 35.5. The maximum Gasteiger partial charge on any atom is 0.134 e. The summed E-state index contributed by atoms with van der Waals surface area (Å²) in [6.45, 7) is 5.87. The van der Waals surface area contributed by atoms with Gasteiger partial charge in [0.15, 0.2) is 0 Å². The molecule has 0 amide bonds. The summed E-state index contributed by atoms with van der Waals surface area (Å²) in [4.78, 5) is 8.65. The summed E-state index contributed by atoms with van der Waals surface area (Å²) in [5.74, 6) is 1.83. The van der Waals surface area contributed by atoms with Crippen LogP contribution < -0.4 is 10.6 Å². The minimum Gasteiger partial charge on any atom is -0.370 e. The van der Waals surface area contributed by atoms with Crippen molar-refractivity contribution in [1.82, 2.24) is 9.97 Å². The predicted molar refractivity (Wildman–Crippen MR) is 89.2 cm³/mol. The number of anilines is 2. The van der Waals surface area contributed by atoms with Gasteiger partial charge in [-0.3, -0.25) is 0 Å². The first kappa shape index (κ1) is 15.6. The highest BCUT2D eigenvalue weighted by Crippen LogP contribution is 2.20. The summed E-state index contributed by atoms with van der Waals surface area (Å²) >= 11 is 5.89. The van der Waals surface area contributed by atoms with Crippen LogP contribution in [0.15, 0.2) is 30.6 Å². The maximum absolute atomic E-state index is 5.89. The monoisotopic (exact) mass is 304 g/mol. The fraction of sp³-hybridized carbons (Fsp3) is 0.375. The van der Waals surface area contributed by atoms with Crippen molar-refractivity contribution in [1.29, 1.82) is 0 Å². The minimum absolute atomic E-state index is 0.770. The number of nitrogens with zero attached hydrogens (tertiary/aromatic N) is 2. The van der Waals surface area contributed by atoms with Crippen LogP contribution in [-0.2, 0) is 12.8 Å². The van der Waals surface area contributed by atoms with Crippen molar-refractivity contribution in [3.05, 3.63) is 46.7 Å². The van der Waals surface area contributed by atoms with Gasteiger partial charge in [-0.1, -0.05) is 30.7 Å². The Morgan fingerprint density at radius 3 is 2.29 bits per heavy atom. The number of hydrogen-bond acceptors (Lipinski definition) is 4. The molecular weight excluding hydrogens is 284 g/mol. The normalized spacial score (nSPS) is 10.4. The lowest BCUT2D eigenvalue weighted by Crippen LogP contribution is -2.11. The van der Waals surface area contributed by atoms with E-state index < -0.39 is 0 Å². The molecule has 0 aliphatic heterocycles. The third-order valence-electron chi connectivity index (χ3n) is 3.26. The summed E-state index contributed by atoms with van der Waals surface area (Å²) in [6.07, 6.45) is 3.43. The quantitative estimate of drug-likeness (QED) is 0.817. The molecule has 112 valence electrons. The molecule has 0 spiro atoms. The zero-order valence-corrected chi connectivity index (χ0v) is 13.2. The molecule has 5 heteroatoms. The number of hydrogen-bond donors (Lipinski definition) is 2. The van der Waals surface area contributed by atoms with E-state index in [2.05, 4.69) is 46.6 Å². The molecule has 2 aromatic rings. The van der Waals surface area contributed by atoms with E-state index in [-0.39, 0.29) is 0 Å². The first-order valence-electron chi connectivity index (χ1n) is 7.30. The summed E-state index contributed by atoms with van der Waals surface area (Å²) < 4.78 is 0. The molecule has 0 unspecified atom stereocenters. The Balaban J connectivity index is 1.99. The van der Waals surface area contributed by atoms with Gasteiger partial charge in [-0.15, -0.1) is 0 Å². The van der Waals surface area contributed by atoms with Gasteiger partial charge in [0.25, 0.3) is 0 Å².